The lowest BCUT2D eigenvalue weighted by Gasteiger charge is -2.37. The van der Waals surface area contributed by atoms with Crippen molar-refractivity contribution in [2.45, 2.75) is 45.1 Å². The molecule has 0 radical (unpaired) electrons. The van der Waals surface area contributed by atoms with Gasteiger partial charge in [0.15, 0.2) is 0 Å². The second-order valence-electron chi connectivity index (χ2n) is 9.38. The summed E-state index contributed by atoms with van der Waals surface area (Å²) in [4.78, 5) is 33.8. The Hall–Kier alpha value is -2.15. The van der Waals surface area contributed by atoms with Crippen molar-refractivity contribution >= 4 is 17.5 Å². The molecule has 1 atom stereocenters. The number of carbonyl (C=O) groups is 2. The molecule has 3 heterocycles. The topological polar surface area (TPSA) is 47.1 Å². The first-order chi connectivity index (χ1) is 14.9. The summed E-state index contributed by atoms with van der Waals surface area (Å²) in [6, 6.07) is 7.03. The van der Waals surface area contributed by atoms with Crippen LogP contribution in [0.15, 0.2) is 24.3 Å². The first kappa shape index (κ1) is 22.1. The van der Waals surface area contributed by atoms with Crippen molar-refractivity contribution in [1.29, 1.82) is 0 Å². The summed E-state index contributed by atoms with van der Waals surface area (Å²) in [5.74, 6) is 0.283. The minimum absolute atomic E-state index is 0.196. The van der Waals surface area contributed by atoms with Gasteiger partial charge in [0, 0.05) is 71.0 Å². The normalized spacial score (nSPS) is 24.3. The number of anilines is 1. The molecule has 3 aliphatic heterocycles. The lowest BCUT2D eigenvalue weighted by atomic mass is 9.75. The van der Waals surface area contributed by atoms with Gasteiger partial charge in [0.1, 0.15) is 5.82 Å². The van der Waals surface area contributed by atoms with Gasteiger partial charge < -0.3 is 14.7 Å². The predicted molar refractivity (Wildman–Crippen MR) is 119 cm³/mol. The van der Waals surface area contributed by atoms with E-state index in [0.717, 1.165) is 64.1 Å². The third-order valence-corrected chi connectivity index (χ3v) is 7.67. The largest absolute Gasteiger partial charge is 0.369 e. The van der Waals surface area contributed by atoms with Crippen LogP contribution in [0.3, 0.4) is 0 Å². The zero-order chi connectivity index (χ0) is 22.0. The van der Waals surface area contributed by atoms with Crippen LogP contribution in [0.4, 0.5) is 10.1 Å². The molecule has 170 valence electrons. The van der Waals surface area contributed by atoms with E-state index in [1.807, 2.05) is 35.9 Å². The molecule has 0 unspecified atom stereocenters. The number of benzene rings is 1. The number of likely N-dealkylation sites (tertiary alicyclic amines) is 2. The molecule has 1 aromatic carbocycles. The van der Waals surface area contributed by atoms with Crippen LogP contribution in [-0.2, 0) is 9.59 Å². The molecule has 6 nitrogen and oxygen atoms in total. The predicted octanol–water partition coefficient (Wildman–Crippen LogP) is 2.59. The van der Waals surface area contributed by atoms with Crippen molar-refractivity contribution in [2.75, 3.05) is 57.8 Å². The summed E-state index contributed by atoms with van der Waals surface area (Å²) in [6.07, 6.45) is 4.06. The van der Waals surface area contributed by atoms with E-state index in [9.17, 15) is 14.0 Å². The lowest BCUT2D eigenvalue weighted by molar-refractivity contribution is -0.142. The van der Waals surface area contributed by atoms with E-state index >= 15 is 0 Å². The highest BCUT2D eigenvalue weighted by Crippen LogP contribution is 2.44. The number of piperazine rings is 1. The molecule has 1 aromatic rings. The first-order valence-electron chi connectivity index (χ1n) is 11.7. The Kier molecular flexibility index (Phi) is 6.51. The third-order valence-electron chi connectivity index (χ3n) is 7.67. The zero-order valence-electron chi connectivity index (χ0n) is 18.9. The summed E-state index contributed by atoms with van der Waals surface area (Å²) in [5.41, 5.74) is 0.822. The summed E-state index contributed by atoms with van der Waals surface area (Å²) < 4.78 is 13.2. The van der Waals surface area contributed by atoms with E-state index in [0.29, 0.717) is 19.5 Å². The monoisotopic (exact) mass is 430 g/mol. The maximum absolute atomic E-state index is 13.2. The van der Waals surface area contributed by atoms with Gasteiger partial charge in [-0.15, -0.1) is 0 Å². The van der Waals surface area contributed by atoms with Crippen LogP contribution in [-0.4, -0.2) is 85.4 Å². The van der Waals surface area contributed by atoms with Crippen molar-refractivity contribution < 1.29 is 14.0 Å². The maximum atomic E-state index is 13.2. The third kappa shape index (κ3) is 4.56. The summed E-state index contributed by atoms with van der Waals surface area (Å²) in [7, 11) is 1.96. The number of halogens is 1. The Morgan fingerprint density at radius 2 is 1.71 bits per heavy atom. The Morgan fingerprint density at radius 3 is 2.32 bits per heavy atom. The molecule has 1 spiro atoms. The van der Waals surface area contributed by atoms with E-state index in [-0.39, 0.29) is 29.1 Å². The molecule has 3 fully saturated rings. The molecule has 0 aliphatic carbocycles. The molecule has 31 heavy (non-hydrogen) atoms. The molecule has 2 amide bonds. The van der Waals surface area contributed by atoms with Gasteiger partial charge in [-0.1, -0.05) is 6.92 Å². The standard InChI is InChI=1S/C24H35FN4O2/c1-3-22(30)29-12-9-24(10-13-29)18-21(26(2)23(24)31)8-11-27-14-16-28(17-15-27)20-6-4-19(25)5-7-20/h4-7,21H,3,8-18H2,1-2H3/t21-/m0/s1. The van der Waals surface area contributed by atoms with Gasteiger partial charge in [0.25, 0.3) is 0 Å². The Balaban J connectivity index is 1.25. The molecular formula is C24H35FN4O2. The molecule has 0 N–H and O–H groups in total. The minimum atomic E-state index is -0.259. The molecule has 0 saturated carbocycles. The smallest absolute Gasteiger partial charge is 0.228 e. The van der Waals surface area contributed by atoms with Gasteiger partial charge >= 0.3 is 0 Å². The summed E-state index contributed by atoms with van der Waals surface area (Å²) in [5, 5.41) is 0. The first-order valence-corrected chi connectivity index (χ1v) is 11.7. The van der Waals surface area contributed by atoms with Crippen molar-refractivity contribution in [2.24, 2.45) is 5.41 Å². The van der Waals surface area contributed by atoms with Crippen LogP contribution in [0, 0.1) is 11.2 Å². The van der Waals surface area contributed by atoms with E-state index < -0.39 is 0 Å². The second kappa shape index (κ2) is 9.15. The highest BCUT2D eigenvalue weighted by Gasteiger charge is 2.51. The van der Waals surface area contributed by atoms with Crippen LogP contribution in [0.25, 0.3) is 0 Å². The van der Waals surface area contributed by atoms with Gasteiger partial charge in [-0.05, 0) is 49.9 Å². The maximum Gasteiger partial charge on any atom is 0.228 e. The van der Waals surface area contributed by atoms with E-state index in [1.165, 1.54) is 12.1 Å². The van der Waals surface area contributed by atoms with Crippen LogP contribution in [0.5, 0.6) is 0 Å². The summed E-state index contributed by atoms with van der Waals surface area (Å²) >= 11 is 0. The molecule has 3 aliphatic rings. The van der Waals surface area contributed by atoms with E-state index in [2.05, 4.69) is 9.80 Å². The lowest BCUT2D eigenvalue weighted by Crippen LogP contribution is -2.47. The fourth-order valence-corrected chi connectivity index (χ4v) is 5.55. The fraction of sp³-hybridized carbons (Fsp3) is 0.667. The van der Waals surface area contributed by atoms with E-state index in [4.69, 9.17) is 0 Å². The average Bonchev–Trinajstić information content (AvgIpc) is 3.03. The van der Waals surface area contributed by atoms with Crippen LogP contribution in [0.1, 0.15) is 39.0 Å². The number of piperidine rings is 1. The Labute approximate surface area is 185 Å². The Morgan fingerprint density at radius 1 is 1.06 bits per heavy atom. The van der Waals surface area contributed by atoms with Crippen molar-refractivity contribution in [3.8, 4) is 0 Å². The number of amides is 2. The fourth-order valence-electron chi connectivity index (χ4n) is 5.55. The number of hydrogen-bond acceptors (Lipinski definition) is 4. The van der Waals surface area contributed by atoms with Gasteiger partial charge in [0.05, 0.1) is 5.41 Å². The molecule has 4 rings (SSSR count). The average molecular weight is 431 g/mol. The number of rotatable bonds is 5. The van der Waals surface area contributed by atoms with E-state index in [1.54, 1.807) is 0 Å². The molecular weight excluding hydrogens is 395 g/mol. The zero-order valence-corrected chi connectivity index (χ0v) is 18.9. The molecule has 7 heteroatoms. The highest BCUT2D eigenvalue weighted by atomic mass is 19.1. The number of nitrogens with zero attached hydrogens (tertiary/aromatic N) is 4. The van der Waals surface area contributed by atoms with Gasteiger partial charge in [-0.2, -0.15) is 0 Å². The minimum Gasteiger partial charge on any atom is -0.369 e. The molecule has 0 aromatic heterocycles. The van der Waals surface area contributed by atoms with Gasteiger partial charge in [-0.3, -0.25) is 14.5 Å². The van der Waals surface area contributed by atoms with Crippen LogP contribution >= 0.6 is 0 Å². The SMILES string of the molecule is CCC(=O)N1CCC2(CC1)C[C@H](CCN1CCN(c3ccc(F)cc3)CC1)N(C)C2=O. The second-order valence-corrected chi connectivity index (χ2v) is 9.38. The van der Waals surface area contributed by atoms with Gasteiger partial charge in [-0.25, -0.2) is 4.39 Å². The summed E-state index contributed by atoms with van der Waals surface area (Å²) in [6.45, 7) is 8.18. The van der Waals surface area contributed by atoms with Gasteiger partial charge in [0.2, 0.25) is 11.8 Å². The van der Waals surface area contributed by atoms with Crippen molar-refractivity contribution in [3.05, 3.63) is 30.1 Å². The molecule has 0 bridgehead atoms. The van der Waals surface area contributed by atoms with Crippen molar-refractivity contribution in [1.82, 2.24) is 14.7 Å². The van der Waals surface area contributed by atoms with Crippen LogP contribution < -0.4 is 4.90 Å². The quantitative estimate of drug-likeness (QED) is 0.721. The Bertz CT molecular complexity index is 783. The van der Waals surface area contributed by atoms with Crippen molar-refractivity contribution in [3.63, 3.8) is 0 Å². The number of hydrogen-bond donors (Lipinski definition) is 0. The van der Waals surface area contributed by atoms with Crippen LogP contribution in [0.2, 0.25) is 0 Å². The molecule has 3 saturated heterocycles. The number of carbonyl (C=O) groups excluding carboxylic acids is 2. The highest BCUT2D eigenvalue weighted by molar-refractivity contribution is 5.86.